The number of ether oxygens (including phenoxy) is 1. The maximum atomic E-state index is 6.10. The molecule has 19 heavy (non-hydrogen) atoms. The average Bonchev–Trinajstić information content (AvgIpc) is 2.40. The smallest absolute Gasteiger partial charge is 0.0713 e. The van der Waals surface area contributed by atoms with Crippen molar-refractivity contribution in [1.29, 1.82) is 0 Å². The molecule has 0 spiro atoms. The monoisotopic (exact) mass is 295 g/mol. The van der Waals surface area contributed by atoms with E-state index < -0.39 is 0 Å². The second kappa shape index (κ2) is 6.80. The van der Waals surface area contributed by atoms with Gasteiger partial charge in [-0.2, -0.15) is 0 Å². The molecule has 100 valence electrons. The van der Waals surface area contributed by atoms with E-state index in [9.17, 15) is 0 Å². The summed E-state index contributed by atoms with van der Waals surface area (Å²) in [7, 11) is 1.69. The third kappa shape index (κ3) is 4.13. The van der Waals surface area contributed by atoms with Crippen LogP contribution in [0.15, 0.2) is 42.5 Å². The van der Waals surface area contributed by atoms with Gasteiger partial charge in [-0.3, -0.25) is 0 Å². The predicted octanol–water partition coefficient (Wildman–Crippen LogP) is 4.75. The molecule has 1 N–H and O–H groups in total. The molecule has 0 atom stereocenters. The molecule has 0 radical (unpaired) electrons. The van der Waals surface area contributed by atoms with E-state index >= 15 is 0 Å². The van der Waals surface area contributed by atoms with Gasteiger partial charge in [0, 0.05) is 18.7 Å². The number of nitrogens with one attached hydrogen (secondary N) is 1. The van der Waals surface area contributed by atoms with Crippen molar-refractivity contribution in [2.75, 3.05) is 12.4 Å². The summed E-state index contributed by atoms with van der Waals surface area (Å²) < 4.78 is 5.08. The number of anilines is 1. The molecule has 2 aromatic rings. The molecule has 0 aliphatic heterocycles. The van der Waals surface area contributed by atoms with Crippen LogP contribution in [0.1, 0.15) is 11.1 Å². The number of halogens is 2. The number of hydrogen-bond acceptors (Lipinski definition) is 2. The molecule has 2 aromatic carbocycles. The summed E-state index contributed by atoms with van der Waals surface area (Å²) in [4.78, 5) is 0. The second-order valence-corrected chi connectivity index (χ2v) is 5.07. The van der Waals surface area contributed by atoms with Crippen molar-refractivity contribution in [3.05, 3.63) is 63.6 Å². The van der Waals surface area contributed by atoms with Crippen molar-refractivity contribution in [2.45, 2.75) is 13.2 Å². The van der Waals surface area contributed by atoms with Gasteiger partial charge in [0.05, 0.1) is 17.3 Å². The van der Waals surface area contributed by atoms with Crippen LogP contribution in [0.5, 0.6) is 0 Å². The molecule has 0 bridgehead atoms. The van der Waals surface area contributed by atoms with Gasteiger partial charge in [0.1, 0.15) is 0 Å². The van der Waals surface area contributed by atoms with E-state index in [0.717, 1.165) is 11.3 Å². The summed E-state index contributed by atoms with van der Waals surface area (Å²) in [6, 6.07) is 13.7. The minimum atomic E-state index is 0.628. The lowest BCUT2D eigenvalue weighted by molar-refractivity contribution is 0.185. The van der Waals surface area contributed by atoms with Gasteiger partial charge in [0.2, 0.25) is 0 Å². The van der Waals surface area contributed by atoms with E-state index in [1.165, 1.54) is 5.56 Å². The first kappa shape index (κ1) is 14.2. The molecule has 0 heterocycles. The van der Waals surface area contributed by atoms with Gasteiger partial charge in [-0.1, -0.05) is 47.5 Å². The molecule has 0 fully saturated rings. The van der Waals surface area contributed by atoms with Gasteiger partial charge < -0.3 is 10.1 Å². The van der Waals surface area contributed by atoms with Crippen molar-refractivity contribution in [1.82, 2.24) is 0 Å². The van der Waals surface area contributed by atoms with Crippen LogP contribution in [0.25, 0.3) is 0 Å². The van der Waals surface area contributed by atoms with Crippen molar-refractivity contribution in [3.63, 3.8) is 0 Å². The van der Waals surface area contributed by atoms with Crippen molar-refractivity contribution < 1.29 is 4.74 Å². The highest BCUT2D eigenvalue weighted by Crippen LogP contribution is 2.25. The number of benzene rings is 2. The number of rotatable bonds is 5. The first-order chi connectivity index (χ1) is 9.19. The summed E-state index contributed by atoms with van der Waals surface area (Å²) >= 11 is 12.0. The van der Waals surface area contributed by atoms with Gasteiger partial charge in [-0.25, -0.2) is 0 Å². The average molecular weight is 296 g/mol. The third-order valence-electron chi connectivity index (χ3n) is 2.75. The summed E-state index contributed by atoms with van der Waals surface area (Å²) in [5.74, 6) is 0. The molecule has 0 aliphatic carbocycles. The molecule has 2 nitrogen and oxygen atoms in total. The zero-order valence-corrected chi connectivity index (χ0v) is 12.1. The minimum Gasteiger partial charge on any atom is -0.380 e. The van der Waals surface area contributed by atoms with Gasteiger partial charge in [0.15, 0.2) is 0 Å². The van der Waals surface area contributed by atoms with E-state index in [1.807, 2.05) is 12.1 Å². The third-order valence-corrected chi connectivity index (χ3v) is 3.30. The number of hydrogen-bond donors (Lipinski definition) is 1. The van der Waals surface area contributed by atoms with E-state index in [0.29, 0.717) is 23.2 Å². The van der Waals surface area contributed by atoms with Crippen LogP contribution in [-0.2, 0) is 17.9 Å². The highest BCUT2D eigenvalue weighted by Gasteiger charge is 2.01. The molecule has 2 rings (SSSR count). The lowest BCUT2D eigenvalue weighted by Crippen LogP contribution is -2.00. The van der Waals surface area contributed by atoms with Gasteiger partial charge in [0.25, 0.3) is 0 Å². The zero-order chi connectivity index (χ0) is 13.7. The van der Waals surface area contributed by atoms with Crippen LogP contribution in [-0.4, -0.2) is 7.11 Å². The Hall–Kier alpha value is -1.22. The molecule has 4 heteroatoms. The Morgan fingerprint density at radius 1 is 1.00 bits per heavy atom. The highest BCUT2D eigenvalue weighted by atomic mass is 35.5. The van der Waals surface area contributed by atoms with E-state index in [2.05, 4.69) is 29.6 Å². The largest absolute Gasteiger partial charge is 0.380 e. The van der Waals surface area contributed by atoms with Crippen molar-refractivity contribution >= 4 is 28.9 Å². The first-order valence-corrected chi connectivity index (χ1v) is 6.70. The van der Waals surface area contributed by atoms with Gasteiger partial charge in [-0.05, 0) is 29.3 Å². The van der Waals surface area contributed by atoms with Crippen molar-refractivity contribution in [3.8, 4) is 0 Å². The molecule has 0 aromatic heterocycles. The fourth-order valence-electron chi connectivity index (χ4n) is 1.75. The molecule has 0 unspecified atom stereocenters. The minimum absolute atomic E-state index is 0.628. The molecule has 0 aliphatic rings. The molecular formula is C15H15Cl2NO. The van der Waals surface area contributed by atoms with E-state index in [1.54, 1.807) is 13.2 Å². The van der Waals surface area contributed by atoms with Crippen LogP contribution in [0, 0.1) is 0 Å². The van der Waals surface area contributed by atoms with Crippen LogP contribution in [0.2, 0.25) is 10.0 Å². The Balaban J connectivity index is 1.98. The Kier molecular flexibility index (Phi) is 5.08. The first-order valence-electron chi connectivity index (χ1n) is 5.94. The van der Waals surface area contributed by atoms with Crippen LogP contribution in [0.3, 0.4) is 0 Å². The van der Waals surface area contributed by atoms with Crippen LogP contribution >= 0.6 is 23.2 Å². The van der Waals surface area contributed by atoms with Gasteiger partial charge in [-0.15, -0.1) is 0 Å². The Morgan fingerprint density at radius 3 is 2.32 bits per heavy atom. The topological polar surface area (TPSA) is 21.3 Å². The Morgan fingerprint density at radius 2 is 1.68 bits per heavy atom. The molecule has 0 amide bonds. The predicted molar refractivity (Wildman–Crippen MR) is 80.9 cm³/mol. The van der Waals surface area contributed by atoms with Crippen molar-refractivity contribution in [2.24, 2.45) is 0 Å². The fraction of sp³-hybridized carbons (Fsp3) is 0.200. The maximum absolute atomic E-state index is 6.10. The molecule has 0 saturated heterocycles. The molecular weight excluding hydrogens is 281 g/mol. The second-order valence-electron chi connectivity index (χ2n) is 4.23. The molecule has 0 saturated carbocycles. The van der Waals surface area contributed by atoms with Crippen LogP contribution in [0.4, 0.5) is 5.69 Å². The van der Waals surface area contributed by atoms with Gasteiger partial charge >= 0.3 is 0 Å². The number of methoxy groups -OCH3 is 1. The SMILES string of the molecule is COCc1ccc(CNc2ccc(Cl)cc2Cl)cc1. The summed E-state index contributed by atoms with van der Waals surface area (Å²) in [5.41, 5.74) is 3.23. The zero-order valence-electron chi connectivity index (χ0n) is 10.6. The summed E-state index contributed by atoms with van der Waals surface area (Å²) in [6.45, 7) is 1.35. The normalized spacial score (nSPS) is 10.5. The lowest BCUT2D eigenvalue weighted by Gasteiger charge is -2.09. The van der Waals surface area contributed by atoms with E-state index in [-0.39, 0.29) is 0 Å². The quantitative estimate of drug-likeness (QED) is 0.859. The summed E-state index contributed by atoms with van der Waals surface area (Å²) in [5, 5.41) is 4.55. The summed E-state index contributed by atoms with van der Waals surface area (Å²) in [6.07, 6.45) is 0. The standard InChI is InChI=1S/C15H15Cl2NO/c1-19-10-12-4-2-11(3-5-12)9-18-15-7-6-13(16)8-14(15)17/h2-8,18H,9-10H2,1H3. The fourth-order valence-corrected chi connectivity index (χ4v) is 2.23. The van der Waals surface area contributed by atoms with Crippen LogP contribution < -0.4 is 5.32 Å². The maximum Gasteiger partial charge on any atom is 0.0713 e. The lowest BCUT2D eigenvalue weighted by atomic mass is 10.1. The Bertz CT molecular complexity index is 540. The highest BCUT2D eigenvalue weighted by molar-refractivity contribution is 6.36. The van der Waals surface area contributed by atoms with E-state index in [4.69, 9.17) is 27.9 Å². The Labute approximate surface area is 123 Å².